The molecule has 0 saturated carbocycles. The summed E-state index contributed by atoms with van der Waals surface area (Å²) >= 11 is 0. The molecule has 0 spiro atoms. The van der Waals surface area contributed by atoms with E-state index in [1.54, 1.807) is 13.2 Å². The fourth-order valence-corrected chi connectivity index (χ4v) is 2.63. The van der Waals surface area contributed by atoms with Crippen molar-refractivity contribution in [2.45, 2.75) is 26.7 Å². The Balaban J connectivity index is 2.84. The van der Waals surface area contributed by atoms with Gasteiger partial charge in [0.15, 0.2) is 5.75 Å². The Kier molecular flexibility index (Phi) is 5.28. The second-order valence-corrected chi connectivity index (χ2v) is 5.32. The van der Waals surface area contributed by atoms with Crippen LogP contribution in [0.3, 0.4) is 0 Å². The van der Waals surface area contributed by atoms with Gasteiger partial charge < -0.3 is 19.3 Å². The maximum Gasteiger partial charge on any atom is 0.345 e. The summed E-state index contributed by atoms with van der Waals surface area (Å²) in [6, 6.07) is 5.00. The molecule has 0 heterocycles. The van der Waals surface area contributed by atoms with E-state index in [4.69, 9.17) is 9.47 Å². The van der Waals surface area contributed by atoms with Gasteiger partial charge in [-0.3, -0.25) is 4.79 Å². The number of phenols is 1. The maximum atomic E-state index is 12.0. The number of aryl methyl sites for hydroxylation is 1. The van der Waals surface area contributed by atoms with Crippen molar-refractivity contribution in [2.75, 3.05) is 14.2 Å². The minimum Gasteiger partial charge on any atom is -0.507 e. The molecule has 0 radical (unpaired) electrons. The number of hydrogen-bond acceptors (Lipinski definition) is 6. The molecule has 24 heavy (non-hydrogen) atoms. The van der Waals surface area contributed by atoms with Gasteiger partial charge in [0.1, 0.15) is 17.1 Å². The fraction of sp³-hybridized carbons (Fsp3) is 0.333. The van der Waals surface area contributed by atoms with Crippen LogP contribution in [0.15, 0.2) is 18.2 Å². The molecule has 6 heteroatoms. The van der Waals surface area contributed by atoms with Gasteiger partial charge in [-0.25, -0.2) is 4.79 Å². The zero-order chi connectivity index (χ0) is 17.9. The molecule has 0 saturated heterocycles. The normalized spacial score (nSPS) is 10.5. The highest BCUT2D eigenvalue weighted by Crippen LogP contribution is 2.40. The summed E-state index contributed by atoms with van der Waals surface area (Å²) in [5.74, 6) is -1.12. The highest BCUT2D eigenvalue weighted by molar-refractivity contribution is 6.05. The van der Waals surface area contributed by atoms with Crippen molar-refractivity contribution in [3.8, 4) is 17.2 Å². The van der Waals surface area contributed by atoms with Gasteiger partial charge in [-0.15, -0.1) is 0 Å². The lowest BCUT2D eigenvalue weighted by molar-refractivity contribution is -0.131. The van der Waals surface area contributed by atoms with Crippen molar-refractivity contribution in [3.05, 3.63) is 29.3 Å². The van der Waals surface area contributed by atoms with E-state index in [0.29, 0.717) is 16.5 Å². The number of methoxy groups -OCH3 is 2. The molecule has 1 N–H and O–H groups in total. The lowest BCUT2D eigenvalue weighted by atomic mass is 9.99. The Bertz CT molecular complexity index is 794. The van der Waals surface area contributed by atoms with Crippen LogP contribution in [-0.4, -0.2) is 31.3 Å². The van der Waals surface area contributed by atoms with Gasteiger partial charge in [-0.2, -0.15) is 0 Å². The van der Waals surface area contributed by atoms with Crippen LogP contribution in [0.25, 0.3) is 10.8 Å². The van der Waals surface area contributed by atoms with E-state index in [1.807, 2.05) is 13.0 Å². The quantitative estimate of drug-likeness (QED) is 0.669. The molecule has 0 amide bonds. The van der Waals surface area contributed by atoms with Crippen molar-refractivity contribution in [3.63, 3.8) is 0 Å². The second kappa shape index (κ2) is 7.21. The van der Waals surface area contributed by atoms with E-state index in [9.17, 15) is 14.7 Å². The van der Waals surface area contributed by atoms with Crippen LogP contribution in [0, 0.1) is 0 Å². The van der Waals surface area contributed by atoms with Gasteiger partial charge in [0, 0.05) is 12.3 Å². The Morgan fingerprint density at radius 2 is 1.88 bits per heavy atom. The van der Waals surface area contributed by atoms with Crippen LogP contribution in [-0.2, 0) is 16.0 Å². The minimum atomic E-state index is -0.790. The number of carbonyl (C=O) groups is 2. The van der Waals surface area contributed by atoms with Gasteiger partial charge in [0.2, 0.25) is 0 Å². The highest BCUT2D eigenvalue weighted by atomic mass is 16.5. The van der Waals surface area contributed by atoms with Crippen molar-refractivity contribution >= 4 is 22.7 Å². The summed E-state index contributed by atoms with van der Waals surface area (Å²) in [4.78, 5) is 23.5. The summed E-state index contributed by atoms with van der Waals surface area (Å²) in [5, 5.41) is 11.4. The summed E-state index contributed by atoms with van der Waals surface area (Å²) < 4.78 is 15.3. The van der Waals surface area contributed by atoms with Gasteiger partial charge in [-0.1, -0.05) is 13.3 Å². The molecule has 0 fully saturated rings. The smallest absolute Gasteiger partial charge is 0.345 e. The first-order valence-electron chi connectivity index (χ1n) is 7.56. The number of ether oxygens (including phenoxy) is 3. The SMILES string of the molecule is CCCc1cc2cc(O)c(C(=O)OC)c(OC(C)=O)c2cc1OC. The standard InChI is InChI=1S/C18H20O6/c1-5-6-11-7-12-8-14(20)16(18(21)23-4)17(24-10(2)19)13(12)9-15(11)22-3/h7-9,20H,5-6H2,1-4H3. The Morgan fingerprint density at radius 1 is 1.17 bits per heavy atom. The number of aromatic hydroxyl groups is 1. The molecule has 2 rings (SSSR count). The predicted octanol–water partition coefficient (Wildman–Crippen LogP) is 3.22. The number of rotatable bonds is 5. The molecule has 0 atom stereocenters. The van der Waals surface area contributed by atoms with Crippen molar-refractivity contribution in [1.82, 2.24) is 0 Å². The predicted molar refractivity (Wildman–Crippen MR) is 88.8 cm³/mol. The molecule has 128 valence electrons. The molecular weight excluding hydrogens is 312 g/mol. The zero-order valence-electron chi connectivity index (χ0n) is 14.1. The van der Waals surface area contributed by atoms with Gasteiger partial charge in [0.25, 0.3) is 0 Å². The average molecular weight is 332 g/mol. The van der Waals surface area contributed by atoms with Crippen LogP contribution in [0.5, 0.6) is 17.2 Å². The molecule has 2 aromatic carbocycles. The molecule has 0 aliphatic rings. The topological polar surface area (TPSA) is 82.1 Å². The summed E-state index contributed by atoms with van der Waals surface area (Å²) in [5.41, 5.74) is 0.775. The van der Waals surface area contributed by atoms with E-state index in [1.165, 1.54) is 20.1 Å². The molecule has 0 bridgehead atoms. The number of hydrogen-bond donors (Lipinski definition) is 1. The molecule has 2 aromatic rings. The molecule has 0 aliphatic heterocycles. The number of benzene rings is 2. The number of phenolic OH excluding ortho intramolecular Hbond substituents is 1. The van der Waals surface area contributed by atoms with E-state index in [0.717, 1.165) is 18.4 Å². The number of carbonyl (C=O) groups excluding carboxylic acids is 2. The number of esters is 2. The molecular formula is C18H20O6. The lowest BCUT2D eigenvalue weighted by Crippen LogP contribution is -2.10. The summed E-state index contributed by atoms with van der Waals surface area (Å²) in [6.45, 7) is 3.27. The maximum absolute atomic E-state index is 12.0. The van der Waals surface area contributed by atoms with Crippen LogP contribution in [0.4, 0.5) is 0 Å². The number of fused-ring (bicyclic) bond motifs is 1. The van der Waals surface area contributed by atoms with Crippen LogP contribution < -0.4 is 9.47 Å². The van der Waals surface area contributed by atoms with Gasteiger partial charge in [0.05, 0.1) is 14.2 Å². The molecule has 0 aromatic heterocycles. The van der Waals surface area contributed by atoms with Crippen molar-refractivity contribution < 1.29 is 28.9 Å². The van der Waals surface area contributed by atoms with Crippen molar-refractivity contribution in [2.24, 2.45) is 0 Å². The van der Waals surface area contributed by atoms with Crippen molar-refractivity contribution in [1.29, 1.82) is 0 Å². The van der Waals surface area contributed by atoms with E-state index >= 15 is 0 Å². The average Bonchev–Trinajstić information content (AvgIpc) is 2.53. The summed E-state index contributed by atoms with van der Waals surface area (Å²) in [6.07, 6.45) is 1.71. The third-order valence-electron chi connectivity index (χ3n) is 3.63. The minimum absolute atomic E-state index is 0.0364. The van der Waals surface area contributed by atoms with E-state index in [-0.39, 0.29) is 17.1 Å². The second-order valence-electron chi connectivity index (χ2n) is 5.32. The third-order valence-corrected chi connectivity index (χ3v) is 3.63. The highest BCUT2D eigenvalue weighted by Gasteiger charge is 2.24. The largest absolute Gasteiger partial charge is 0.507 e. The first kappa shape index (κ1) is 17.6. The van der Waals surface area contributed by atoms with Crippen LogP contribution >= 0.6 is 0 Å². The molecule has 0 unspecified atom stereocenters. The Morgan fingerprint density at radius 3 is 2.42 bits per heavy atom. The molecule has 6 nitrogen and oxygen atoms in total. The fourth-order valence-electron chi connectivity index (χ4n) is 2.63. The van der Waals surface area contributed by atoms with Crippen LogP contribution in [0.2, 0.25) is 0 Å². The van der Waals surface area contributed by atoms with E-state index < -0.39 is 11.9 Å². The van der Waals surface area contributed by atoms with Gasteiger partial charge >= 0.3 is 11.9 Å². The lowest BCUT2D eigenvalue weighted by Gasteiger charge is -2.15. The van der Waals surface area contributed by atoms with E-state index in [2.05, 4.69) is 4.74 Å². The summed E-state index contributed by atoms with van der Waals surface area (Å²) in [7, 11) is 2.74. The first-order valence-corrected chi connectivity index (χ1v) is 7.56. The molecule has 0 aliphatic carbocycles. The Labute approximate surface area is 139 Å². The monoisotopic (exact) mass is 332 g/mol. The first-order chi connectivity index (χ1) is 11.4. The van der Waals surface area contributed by atoms with Crippen LogP contribution in [0.1, 0.15) is 36.2 Å². The zero-order valence-corrected chi connectivity index (χ0v) is 14.1. The Hall–Kier alpha value is -2.76. The van der Waals surface area contributed by atoms with Gasteiger partial charge in [-0.05, 0) is 35.6 Å². The third kappa shape index (κ3) is 3.27.